The summed E-state index contributed by atoms with van der Waals surface area (Å²) >= 11 is 0. The third-order valence-corrected chi connectivity index (χ3v) is 3.66. The van der Waals surface area contributed by atoms with Crippen molar-refractivity contribution in [2.75, 3.05) is 10.6 Å². The average molecular weight is 412 g/mol. The SMILES string of the molecule is CC(C)(C)OC(=O)Nc1cc(NC(=O)Cn2nnc(-c3ccccc3)n2)ccc1F. The number of tetrazole rings is 1. The monoisotopic (exact) mass is 412 g/mol. The Balaban J connectivity index is 1.63. The fraction of sp³-hybridized carbons (Fsp3) is 0.250. The van der Waals surface area contributed by atoms with Crippen LogP contribution in [0.1, 0.15) is 20.8 Å². The van der Waals surface area contributed by atoms with Crippen LogP contribution in [0.5, 0.6) is 0 Å². The second-order valence-electron chi connectivity index (χ2n) is 7.38. The molecule has 0 saturated heterocycles. The normalized spacial score (nSPS) is 11.1. The van der Waals surface area contributed by atoms with Crippen LogP contribution in [0.25, 0.3) is 11.4 Å². The predicted octanol–water partition coefficient (Wildman–Crippen LogP) is 3.46. The van der Waals surface area contributed by atoms with Gasteiger partial charge in [-0.1, -0.05) is 30.3 Å². The molecule has 0 bridgehead atoms. The van der Waals surface area contributed by atoms with E-state index in [4.69, 9.17) is 4.74 Å². The standard InChI is InChI=1S/C20H21FN6O3/c1-20(2,3)30-19(29)23-16-11-14(9-10-15(16)21)22-17(28)12-27-25-18(24-26-27)13-7-5-4-6-8-13/h4-11H,12H2,1-3H3,(H,22,28)(H,23,29). The number of nitrogens with zero attached hydrogens (tertiary/aromatic N) is 4. The van der Waals surface area contributed by atoms with Crippen LogP contribution >= 0.6 is 0 Å². The zero-order chi connectivity index (χ0) is 21.7. The molecule has 2 N–H and O–H groups in total. The fourth-order valence-electron chi connectivity index (χ4n) is 2.45. The Morgan fingerprint density at radius 1 is 1.10 bits per heavy atom. The Kier molecular flexibility index (Phi) is 6.05. The van der Waals surface area contributed by atoms with E-state index < -0.39 is 23.4 Å². The number of ether oxygens (including phenoxy) is 1. The first-order valence-corrected chi connectivity index (χ1v) is 9.12. The van der Waals surface area contributed by atoms with E-state index in [0.29, 0.717) is 5.82 Å². The zero-order valence-corrected chi connectivity index (χ0v) is 16.7. The van der Waals surface area contributed by atoms with Crippen LogP contribution in [-0.2, 0) is 16.1 Å². The summed E-state index contributed by atoms with van der Waals surface area (Å²) in [7, 11) is 0. The van der Waals surface area contributed by atoms with Crippen molar-refractivity contribution in [2.24, 2.45) is 0 Å². The van der Waals surface area contributed by atoms with Gasteiger partial charge < -0.3 is 10.1 Å². The highest BCUT2D eigenvalue weighted by molar-refractivity contribution is 5.92. The van der Waals surface area contributed by atoms with Crippen LogP contribution in [0.2, 0.25) is 0 Å². The Hall–Kier alpha value is -3.82. The van der Waals surface area contributed by atoms with Crippen LogP contribution in [-0.4, -0.2) is 37.8 Å². The van der Waals surface area contributed by atoms with E-state index in [9.17, 15) is 14.0 Å². The summed E-state index contributed by atoms with van der Waals surface area (Å²) in [5.41, 5.74) is 0.221. The van der Waals surface area contributed by atoms with E-state index in [1.54, 1.807) is 20.8 Å². The van der Waals surface area contributed by atoms with Gasteiger partial charge in [0.1, 0.15) is 18.0 Å². The molecule has 0 aliphatic carbocycles. The molecule has 10 heteroatoms. The van der Waals surface area contributed by atoms with Crippen molar-refractivity contribution in [1.29, 1.82) is 0 Å². The summed E-state index contributed by atoms with van der Waals surface area (Å²) < 4.78 is 19.1. The summed E-state index contributed by atoms with van der Waals surface area (Å²) in [4.78, 5) is 25.3. The second kappa shape index (κ2) is 8.68. The summed E-state index contributed by atoms with van der Waals surface area (Å²) in [5, 5.41) is 16.9. The van der Waals surface area contributed by atoms with Gasteiger partial charge in [-0.3, -0.25) is 10.1 Å². The lowest BCUT2D eigenvalue weighted by Crippen LogP contribution is -2.27. The van der Waals surface area contributed by atoms with Gasteiger partial charge in [-0.15, -0.1) is 10.2 Å². The third-order valence-electron chi connectivity index (χ3n) is 3.66. The fourth-order valence-corrected chi connectivity index (χ4v) is 2.45. The van der Waals surface area contributed by atoms with Crippen LogP contribution in [0, 0.1) is 5.82 Å². The maximum atomic E-state index is 14.0. The van der Waals surface area contributed by atoms with Crippen molar-refractivity contribution < 1.29 is 18.7 Å². The van der Waals surface area contributed by atoms with Crippen molar-refractivity contribution in [1.82, 2.24) is 20.2 Å². The minimum atomic E-state index is -0.801. The first kappa shape index (κ1) is 20.9. The average Bonchev–Trinajstić information content (AvgIpc) is 3.12. The number of amides is 2. The molecule has 0 aliphatic heterocycles. The first-order chi connectivity index (χ1) is 14.2. The molecule has 3 aromatic rings. The molecule has 30 heavy (non-hydrogen) atoms. The van der Waals surface area contributed by atoms with Gasteiger partial charge in [-0.25, -0.2) is 9.18 Å². The summed E-state index contributed by atoms with van der Waals surface area (Å²) in [5.74, 6) is -0.708. The van der Waals surface area contributed by atoms with E-state index in [1.807, 2.05) is 30.3 Å². The lowest BCUT2D eigenvalue weighted by molar-refractivity contribution is -0.117. The molecule has 0 aliphatic rings. The predicted molar refractivity (Wildman–Crippen MR) is 108 cm³/mol. The number of carbonyl (C=O) groups excluding carboxylic acids is 2. The van der Waals surface area contributed by atoms with Gasteiger partial charge in [-0.2, -0.15) is 4.80 Å². The highest BCUT2D eigenvalue weighted by Gasteiger charge is 2.18. The topological polar surface area (TPSA) is 111 Å². The van der Waals surface area contributed by atoms with E-state index in [-0.39, 0.29) is 17.9 Å². The third kappa shape index (κ3) is 5.84. The molecule has 2 aromatic carbocycles. The minimum Gasteiger partial charge on any atom is -0.444 e. The van der Waals surface area contributed by atoms with Gasteiger partial charge in [0.25, 0.3) is 0 Å². The maximum Gasteiger partial charge on any atom is 0.412 e. The number of nitrogens with one attached hydrogen (secondary N) is 2. The Labute approximate surface area is 172 Å². The maximum absolute atomic E-state index is 14.0. The number of halogens is 1. The highest BCUT2D eigenvalue weighted by atomic mass is 19.1. The van der Waals surface area contributed by atoms with Crippen molar-refractivity contribution in [3.63, 3.8) is 0 Å². The van der Waals surface area contributed by atoms with Crippen molar-refractivity contribution >= 4 is 23.4 Å². The van der Waals surface area contributed by atoms with Crippen LogP contribution in [0.15, 0.2) is 48.5 Å². The molecular formula is C20H21FN6O3. The van der Waals surface area contributed by atoms with E-state index >= 15 is 0 Å². The van der Waals surface area contributed by atoms with Crippen molar-refractivity contribution in [2.45, 2.75) is 32.9 Å². The van der Waals surface area contributed by atoms with Gasteiger partial charge >= 0.3 is 6.09 Å². The number of hydrogen-bond donors (Lipinski definition) is 2. The molecule has 0 unspecified atom stereocenters. The van der Waals surface area contributed by atoms with E-state index in [2.05, 4.69) is 26.0 Å². The number of aromatic nitrogens is 4. The molecule has 156 valence electrons. The highest BCUT2D eigenvalue weighted by Crippen LogP contribution is 2.21. The zero-order valence-electron chi connectivity index (χ0n) is 16.7. The molecule has 0 atom stereocenters. The lowest BCUT2D eigenvalue weighted by Gasteiger charge is -2.20. The Bertz CT molecular complexity index is 1050. The Morgan fingerprint density at radius 3 is 2.53 bits per heavy atom. The van der Waals surface area contributed by atoms with Gasteiger partial charge in [0.2, 0.25) is 11.7 Å². The van der Waals surface area contributed by atoms with Gasteiger partial charge in [0, 0.05) is 11.3 Å². The number of benzene rings is 2. The largest absolute Gasteiger partial charge is 0.444 e. The summed E-state index contributed by atoms with van der Waals surface area (Å²) in [6.45, 7) is 4.90. The van der Waals surface area contributed by atoms with Crippen molar-refractivity contribution in [3.05, 3.63) is 54.3 Å². The first-order valence-electron chi connectivity index (χ1n) is 9.12. The van der Waals surface area contributed by atoms with E-state index in [1.165, 1.54) is 12.1 Å². The summed E-state index contributed by atoms with van der Waals surface area (Å²) in [6.07, 6.45) is -0.801. The molecular weight excluding hydrogens is 391 g/mol. The number of carbonyl (C=O) groups is 2. The molecule has 2 amide bonds. The van der Waals surface area contributed by atoms with Crippen LogP contribution < -0.4 is 10.6 Å². The van der Waals surface area contributed by atoms with Crippen LogP contribution in [0.3, 0.4) is 0 Å². The lowest BCUT2D eigenvalue weighted by atomic mass is 10.2. The molecule has 1 aromatic heterocycles. The number of hydrogen-bond acceptors (Lipinski definition) is 6. The van der Waals surface area contributed by atoms with Gasteiger partial charge in [-0.05, 0) is 44.2 Å². The molecule has 9 nitrogen and oxygen atoms in total. The van der Waals surface area contributed by atoms with Crippen LogP contribution in [0.4, 0.5) is 20.6 Å². The molecule has 0 fully saturated rings. The molecule has 1 heterocycles. The minimum absolute atomic E-state index is 0.118. The van der Waals surface area contributed by atoms with E-state index in [0.717, 1.165) is 16.4 Å². The smallest absolute Gasteiger partial charge is 0.412 e. The molecule has 3 rings (SSSR count). The molecule has 0 radical (unpaired) electrons. The number of rotatable bonds is 5. The Morgan fingerprint density at radius 2 is 1.83 bits per heavy atom. The van der Waals surface area contributed by atoms with Gasteiger partial charge in [0.05, 0.1) is 5.69 Å². The molecule has 0 spiro atoms. The van der Waals surface area contributed by atoms with Crippen molar-refractivity contribution in [3.8, 4) is 11.4 Å². The molecule has 0 saturated carbocycles. The van der Waals surface area contributed by atoms with Gasteiger partial charge in [0.15, 0.2) is 0 Å². The quantitative estimate of drug-likeness (QED) is 0.664. The second-order valence-corrected chi connectivity index (χ2v) is 7.38. The summed E-state index contributed by atoms with van der Waals surface area (Å²) in [6, 6.07) is 13.0. The number of anilines is 2.